The normalized spacial score (nSPS) is 15.9. The largest absolute Gasteiger partial charge is 0.364 e. The number of anilines is 2. The molecule has 0 bridgehead atoms. The lowest BCUT2D eigenvalue weighted by Crippen LogP contribution is -2.34. The molecule has 1 aliphatic heterocycles. The lowest BCUT2D eigenvalue weighted by molar-refractivity contribution is -0.118. The number of nitrogens with one attached hydrogen (secondary N) is 2. The highest BCUT2D eigenvalue weighted by atomic mass is 19.3. The van der Waals surface area contributed by atoms with Crippen molar-refractivity contribution in [1.82, 2.24) is 10.3 Å². The molecule has 2 N–H and O–H groups in total. The Morgan fingerprint density at radius 2 is 1.85 bits per heavy atom. The second-order valence-electron chi connectivity index (χ2n) is 8.45. The zero-order chi connectivity index (χ0) is 23.3. The third-order valence-corrected chi connectivity index (χ3v) is 5.81. The summed E-state index contributed by atoms with van der Waals surface area (Å²) in [6.07, 6.45) is 2.17. The van der Waals surface area contributed by atoms with Gasteiger partial charge in [-0.2, -0.15) is 0 Å². The van der Waals surface area contributed by atoms with Gasteiger partial charge in [-0.25, -0.2) is 13.8 Å². The number of aromatic nitrogens is 1. The first kappa shape index (κ1) is 22.9. The molecule has 1 aliphatic rings. The molecule has 0 unspecified atom stereocenters. The fourth-order valence-corrected chi connectivity index (χ4v) is 3.92. The molecular weight excluding hydrogens is 422 g/mol. The highest BCUT2D eigenvalue weighted by Gasteiger charge is 2.38. The van der Waals surface area contributed by atoms with Gasteiger partial charge in [-0.05, 0) is 36.6 Å². The Morgan fingerprint density at radius 3 is 2.48 bits per heavy atom. The van der Waals surface area contributed by atoms with Gasteiger partial charge in [-0.15, -0.1) is 0 Å². The van der Waals surface area contributed by atoms with Gasteiger partial charge in [-0.1, -0.05) is 60.2 Å². The standard InChI is InChI=1S/C26H28F2N4O/c1-19-7-9-20(10-8-19)13-15-29-24(21-5-3-2-4-6-21)25(33)31-23-12-11-22(17-30-23)32-16-14-26(27,28)18-32/h2-12,17,24,29H,13-16,18H2,1H3,(H,30,31,33)/t24-/m0/s1. The predicted molar refractivity (Wildman–Crippen MR) is 127 cm³/mol. The van der Waals surface area contributed by atoms with Gasteiger partial charge in [0.25, 0.3) is 5.92 Å². The lowest BCUT2D eigenvalue weighted by atomic mass is 10.1. The van der Waals surface area contributed by atoms with Crippen molar-refractivity contribution in [3.05, 3.63) is 89.6 Å². The molecule has 33 heavy (non-hydrogen) atoms. The number of rotatable bonds is 8. The molecular formula is C26H28F2N4O. The first-order valence-electron chi connectivity index (χ1n) is 11.1. The second kappa shape index (κ2) is 10.1. The van der Waals surface area contributed by atoms with Crippen LogP contribution in [0.4, 0.5) is 20.3 Å². The van der Waals surface area contributed by atoms with Crippen molar-refractivity contribution in [2.75, 3.05) is 29.9 Å². The average molecular weight is 451 g/mol. The number of nitrogens with zero attached hydrogens (tertiary/aromatic N) is 2. The van der Waals surface area contributed by atoms with Crippen LogP contribution in [0.15, 0.2) is 72.9 Å². The maximum absolute atomic E-state index is 13.5. The van der Waals surface area contributed by atoms with Crippen LogP contribution in [0, 0.1) is 6.92 Å². The van der Waals surface area contributed by atoms with E-state index in [-0.39, 0.29) is 18.9 Å². The highest BCUT2D eigenvalue weighted by Crippen LogP contribution is 2.30. The molecule has 2 heterocycles. The molecule has 0 radical (unpaired) electrons. The maximum atomic E-state index is 13.5. The van der Waals surface area contributed by atoms with Gasteiger partial charge in [0.1, 0.15) is 11.9 Å². The van der Waals surface area contributed by atoms with E-state index in [1.165, 1.54) is 17.3 Å². The van der Waals surface area contributed by atoms with E-state index < -0.39 is 12.0 Å². The van der Waals surface area contributed by atoms with Crippen molar-refractivity contribution in [1.29, 1.82) is 0 Å². The molecule has 5 nitrogen and oxygen atoms in total. The Kier molecular flexibility index (Phi) is 6.99. The number of pyridine rings is 1. The molecule has 172 valence electrons. The smallest absolute Gasteiger partial charge is 0.266 e. The molecule has 1 saturated heterocycles. The summed E-state index contributed by atoms with van der Waals surface area (Å²) >= 11 is 0. The third kappa shape index (κ3) is 6.14. The number of aryl methyl sites for hydroxylation is 1. The number of hydrogen-bond acceptors (Lipinski definition) is 4. The van der Waals surface area contributed by atoms with Crippen molar-refractivity contribution < 1.29 is 13.6 Å². The van der Waals surface area contributed by atoms with Crippen molar-refractivity contribution in [2.24, 2.45) is 0 Å². The van der Waals surface area contributed by atoms with Crippen LogP contribution in [0.5, 0.6) is 0 Å². The molecule has 4 rings (SSSR count). The van der Waals surface area contributed by atoms with Crippen LogP contribution < -0.4 is 15.5 Å². The molecule has 3 aromatic rings. The van der Waals surface area contributed by atoms with E-state index in [1.807, 2.05) is 30.3 Å². The Bertz CT molecular complexity index is 1060. The van der Waals surface area contributed by atoms with Crippen LogP contribution in [-0.2, 0) is 11.2 Å². The Morgan fingerprint density at radius 1 is 1.09 bits per heavy atom. The summed E-state index contributed by atoms with van der Waals surface area (Å²) in [5.41, 5.74) is 3.89. The van der Waals surface area contributed by atoms with Crippen LogP contribution in [0.3, 0.4) is 0 Å². The van der Waals surface area contributed by atoms with E-state index in [0.717, 1.165) is 12.0 Å². The van der Waals surface area contributed by atoms with Gasteiger partial charge in [0, 0.05) is 19.5 Å². The summed E-state index contributed by atoms with van der Waals surface area (Å²) in [4.78, 5) is 19.0. The minimum absolute atomic E-state index is 0.154. The van der Waals surface area contributed by atoms with E-state index in [9.17, 15) is 13.6 Å². The van der Waals surface area contributed by atoms with E-state index >= 15 is 0 Å². The molecule has 0 aliphatic carbocycles. The van der Waals surface area contributed by atoms with E-state index in [4.69, 9.17) is 0 Å². The van der Waals surface area contributed by atoms with Crippen LogP contribution in [0.2, 0.25) is 0 Å². The number of hydrogen-bond donors (Lipinski definition) is 2. The minimum Gasteiger partial charge on any atom is -0.364 e. The van der Waals surface area contributed by atoms with Crippen molar-refractivity contribution in [3.63, 3.8) is 0 Å². The number of benzene rings is 2. The number of carbonyl (C=O) groups excluding carboxylic acids is 1. The highest BCUT2D eigenvalue weighted by molar-refractivity contribution is 5.94. The lowest BCUT2D eigenvalue weighted by Gasteiger charge is -2.20. The van der Waals surface area contributed by atoms with Gasteiger partial charge >= 0.3 is 0 Å². The van der Waals surface area contributed by atoms with E-state index in [1.54, 1.807) is 17.0 Å². The molecule has 7 heteroatoms. The third-order valence-electron chi connectivity index (χ3n) is 5.81. The van der Waals surface area contributed by atoms with Crippen molar-refractivity contribution in [2.45, 2.75) is 31.7 Å². The minimum atomic E-state index is -2.67. The topological polar surface area (TPSA) is 57.3 Å². The summed E-state index contributed by atoms with van der Waals surface area (Å²) in [6.45, 7) is 2.67. The zero-order valence-electron chi connectivity index (χ0n) is 18.6. The molecule has 0 saturated carbocycles. The first-order valence-corrected chi connectivity index (χ1v) is 11.1. The molecule has 1 atom stereocenters. The predicted octanol–water partition coefficient (Wildman–Crippen LogP) is 4.75. The van der Waals surface area contributed by atoms with Gasteiger partial charge in [0.15, 0.2) is 0 Å². The number of alkyl halides is 2. The summed E-state index contributed by atoms with van der Waals surface area (Å²) in [7, 11) is 0. The summed E-state index contributed by atoms with van der Waals surface area (Å²) in [6, 6.07) is 20.7. The van der Waals surface area contributed by atoms with Crippen LogP contribution >= 0.6 is 0 Å². The van der Waals surface area contributed by atoms with E-state index in [0.29, 0.717) is 24.6 Å². The summed E-state index contributed by atoms with van der Waals surface area (Å²) in [5, 5.41) is 6.20. The molecule has 2 aromatic carbocycles. The maximum Gasteiger partial charge on any atom is 0.266 e. The molecule has 1 aromatic heterocycles. The Labute approximate surface area is 192 Å². The van der Waals surface area contributed by atoms with Gasteiger partial charge < -0.3 is 15.5 Å². The Balaban J connectivity index is 1.40. The zero-order valence-corrected chi connectivity index (χ0v) is 18.6. The summed E-state index contributed by atoms with van der Waals surface area (Å²) < 4.78 is 27.0. The van der Waals surface area contributed by atoms with Gasteiger partial charge in [-0.3, -0.25) is 4.79 Å². The fourth-order valence-electron chi connectivity index (χ4n) is 3.92. The molecule has 1 fully saturated rings. The van der Waals surface area contributed by atoms with Gasteiger partial charge in [0.05, 0.1) is 18.4 Å². The van der Waals surface area contributed by atoms with Crippen LogP contribution in [0.25, 0.3) is 0 Å². The second-order valence-corrected chi connectivity index (χ2v) is 8.45. The number of carbonyl (C=O) groups is 1. The van der Waals surface area contributed by atoms with Crippen molar-refractivity contribution in [3.8, 4) is 0 Å². The molecule has 0 spiro atoms. The fraction of sp³-hybridized carbons (Fsp3) is 0.308. The number of halogens is 2. The van der Waals surface area contributed by atoms with Crippen LogP contribution in [-0.4, -0.2) is 36.4 Å². The first-order chi connectivity index (χ1) is 15.9. The SMILES string of the molecule is Cc1ccc(CCN[C@H](C(=O)Nc2ccc(N3CCC(F)(F)C3)cn2)c2ccccc2)cc1. The average Bonchev–Trinajstić information content (AvgIpc) is 3.18. The van der Waals surface area contributed by atoms with Gasteiger partial charge in [0.2, 0.25) is 5.91 Å². The Hall–Kier alpha value is -3.32. The van der Waals surface area contributed by atoms with E-state index in [2.05, 4.69) is 46.8 Å². The van der Waals surface area contributed by atoms with Crippen LogP contribution in [0.1, 0.15) is 29.2 Å². The van der Waals surface area contributed by atoms with Crippen molar-refractivity contribution >= 4 is 17.4 Å². The monoisotopic (exact) mass is 450 g/mol. The summed E-state index contributed by atoms with van der Waals surface area (Å²) in [5.74, 6) is -2.51. The quantitative estimate of drug-likeness (QED) is 0.520. The number of amides is 1. The molecule has 1 amide bonds.